The van der Waals surface area contributed by atoms with Gasteiger partial charge in [0.2, 0.25) is 0 Å². The summed E-state index contributed by atoms with van der Waals surface area (Å²) in [4.78, 5) is 29.8. The van der Waals surface area contributed by atoms with Gasteiger partial charge in [0.25, 0.3) is 0 Å². The molecule has 0 heterocycles. The van der Waals surface area contributed by atoms with E-state index in [0.29, 0.717) is 0 Å². The zero-order valence-electron chi connectivity index (χ0n) is 18.2. The van der Waals surface area contributed by atoms with Crippen LogP contribution in [0.5, 0.6) is 5.75 Å². The lowest BCUT2D eigenvalue weighted by molar-refractivity contribution is -0.185. The van der Waals surface area contributed by atoms with Crippen molar-refractivity contribution < 1.29 is 54.7 Å². The standard InChI is InChI=1S/C21H22F6NO6P/c1-19(28,18(29)34-35(30,31)32)13-5-8-15-11(10-13)2-9-16(17(15)21(25,26)27)33-14-6-3-12(4-7-14)20(22,23)24/h2,5,8-10,12,14H,3-4,6-7,28H2,1H3,(H2,30,31,32)/t12?,14?,19-/m1/s1. The van der Waals surface area contributed by atoms with Gasteiger partial charge in [0, 0.05) is 0 Å². The Kier molecular flexibility index (Phi) is 7.22. The van der Waals surface area contributed by atoms with Crippen LogP contribution in [0.3, 0.4) is 0 Å². The topological polar surface area (TPSA) is 119 Å². The first-order valence-electron chi connectivity index (χ1n) is 10.4. The fraction of sp³-hybridized carbons (Fsp3) is 0.476. The van der Waals surface area contributed by atoms with Gasteiger partial charge in [-0.15, -0.1) is 0 Å². The normalized spacial score (nSPS) is 21.4. The van der Waals surface area contributed by atoms with E-state index in [-0.39, 0.29) is 42.0 Å². The monoisotopic (exact) mass is 529 g/mol. The van der Waals surface area contributed by atoms with Crippen molar-refractivity contribution in [2.24, 2.45) is 11.7 Å². The maximum absolute atomic E-state index is 14.0. The van der Waals surface area contributed by atoms with E-state index in [0.717, 1.165) is 31.2 Å². The van der Waals surface area contributed by atoms with Gasteiger partial charge in [-0.25, -0.2) is 9.36 Å². The second-order valence-electron chi connectivity index (χ2n) is 8.58. The van der Waals surface area contributed by atoms with Crippen molar-refractivity contribution in [2.75, 3.05) is 0 Å². The van der Waals surface area contributed by atoms with Crippen LogP contribution in [0, 0.1) is 5.92 Å². The number of phosphoric ester groups is 1. The summed E-state index contributed by atoms with van der Waals surface area (Å²) in [6.07, 6.45) is -10.7. The van der Waals surface area contributed by atoms with Crippen molar-refractivity contribution in [3.8, 4) is 5.75 Å². The van der Waals surface area contributed by atoms with E-state index in [1.165, 1.54) is 6.07 Å². The number of ether oxygens (including phenoxy) is 1. The van der Waals surface area contributed by atoms with E-state index >= 15 is 0 Å². The summed E-state index contributed by atoms with van der Waals surface area (Å²) >= 11 is 0. The molecular formula is C21H22F6NO6P. The maximum atomic E-state index is 14.0. The Morgan fingerprint density at radius 3 is 2.14 bits per heavy atom. The lowest BCUT2D eigenvalue weighted by Crippen LogP contribution is -2.42. The minimum absolute atomic E-state index is 0.0105. The van der Waals surface area contributed by atoms with E-state index < -0.39 is 55.0 Å². The molecule has 1 fully saturated rings. The van der Waals surface area contributed by atoms with Crippen molar-refractivity contribution in [3.63, 3.8) is 0 Å². The Labute approximate surface area is 195 Å². The number of hydrogen-bond donors (Lipinski definition) is 3. The van der Waals surface area contributed by atoms with Gasteiger partial charge in [0.1, 0.15) is 16.9 Å². The van der Waals surface area contributed by atoms with Gasteiger partial charge in [-0.05, 0) is 61.1 Å². The van der Waals surface area contributed by atoms with Crippen molar-refractivity contribution in [1.82, 2.24) is 0 Å². The van der Waals surface area contributed by atoms with Crippen LogP contribution in [0.15, 0.2) is 30.3 Å². The molecule has 0 radical (unpaired) electrons. The largest absolute Gasteiger partial charge is 0.527 e. The molecule has 35 heavy (non-hydrogen) atoms. The van der Waals surface area contributed by atoms with Crippen LogP contribution in [-0.2, 0) is 25.6 Å². The van der Waals surface area contributed by atoms with Gasteiger partial charge in [0.15, 0.2) is 0 Å². The number of fused-ring (bicyclic) bond motifs is 1. The first-order valence-corrected chi connectivity index (χ1v) is 11.9. The third-order valence-electron chi connectivity index (χ3n) is 5.92. The summed E-state index contributed by atoms with van der Waals surface area (Å²) in [5.74, 6) is -3.54. The van der Waals surface area contributed by atoms with E-state index in [2.05, 4.69) is 4.52 Å². The van der Waals surface area contributed by atoms with Crippen LogP contribution >= 0.6 is 7.82 Å². The summed E-state index contributed by atoms with van der Waals surface area (Å²) in [5.41, 5.74) is 2.54. The first-order chi connectivity index (χ1) is 15.9. The number of carbonyl (C=O) groups excluding carboxylic acids is 1. The molecule has 4 N–H and O–H groups in total. The van der Waals surface area contributed by atoms with Crippen molar-refractivity contribution >= 4 is 24.6 Å². The number of nitrogens with two attached hydrogens (primary N) is 1. The van der Waals surface area contributed by atoms with Gasteiger partial charge in [-0.1, -0.05) is 18.2 Å². The van der Waals surface area contributed by atoms with Crippen molar-refractivity contribution in [2.45, 2.75) is 56.6 Å². The van der Waals surface area contributed by atoms with Gasteiger partial charge in [-0.3, -0.25) is 9.79 Å². The molecule has 0 aliphatic heterocycles. The molecule has 0 bridgehead atoms. The highest BCUT2D eigenvalue weighted by Crippen LogP contribution is 2.45. The molecular weight excluding hydrogens is 507 g/mol. The van der Waals surface area contributed by atoms with Gasteiger partial charge < -0.3 is 15.0 Å². The van der Waals surface area contributed by atoms with E-state index in [1.54, 1.807) is 0 Å². The van der Waals surface area contributed by atoms with Crippen LogP contribution in [-0.4, -0.2) is 28.0 Å². The van der Waals surface area contributed by atoms with Gasteiger partial charge in [0.05, 0.1) is 12.0 Å². The minimum atomic E-state index is -5.21. The molecule has 14 heteroatoms. The summed E-state index contributed by atoms with van der Waals surface area (Å²) in [7, 11) is -5.21. The van der Waals surface area contributed by atoms with Crippen molar-refractivity contribution in [3.05, 3.63) is 41.5 Å². The number of rotatable bonds is 5. The van der Waals surface area contributed by atoms with E-state index in [9.17, 15) is 35.7 Å². The van der Waals surface area contributed by atoms with Crippen LogP contribution < -0.4 is 10.5 Å². The predicted octanol–water partition coefficient (Wildman–Crippen LogP) is 5.17. The molecule has 1 aliphatic carbocycles. The van der Waals surface area contributed by atoms with Crippen molar-refractivity contribution in [1.29, 1.82) is 0 Å². The summed E-state index contributed by atoms with van der Waals surface area (Å²) in [5, 5.41) is -0.328. The molecule has 0 saturated heterocycles. The molecule has 1 atom stereocenters. The summed E-state index contributed by atoms with van der Waals surface area (Å²) in [6, 6.07) is 5.54. The summed E-state index contributed by atoms with van der Waals surface area (Å²) in [6.45, 7) is 1.07. The Morgan fingerprint density at radius 1 is 1.03 bits per heavy atom. The van der Waals surface area contributed by atoms with Crippen LogP contribution in [0.1, 0.15) is 43.7 Å². The molecule has 1 aliphatic rings. The molecule has 7 nitrogen and oxygen atoms in total. The fourth-order valence-electron chi connectivity index (χ4n) is 4.03. The molecule has 2 aromatic carbocycles. The van der Waals surface area contributed by atoms with Gasteiger partial charge >= 0.3 is 26.1 Å². The van der Waals surface area contributed by atoms with Crippen LogP contribution in [0.4, 0.5) is 26.3 Å². The smallest absolute Gasteiger partial charge is 0.490 e. The quantitative estimate of drug-likeness (QED) is 0.361. The second-order valence-corrected chi connectivity index (χ2v) is 9.74. The van der Waals surface area contributed by atoms with E-state index in [4.69, 9.17) is 20.3 Å². The Bertz CT molecular complexity index is 1150. The van der Waals surface area contributed by atoms with Crippen LogP contribution in [0.25, 0.3) is 10.8 Å². The summed E-state index contributed by atoms with van der Waals surface area (Å²) < 4.78 is 101. The van der Waals surface area contributed by atoms with Gasteiger partial charge in [-0.2, -0.15) is 26.3 Å². The highest BCUT2D eigenvalue weighted by atomic mass is 31.2. The third-order valence-corrected chi connectivity index (χ3v) is 6.32. The maximum Gasteiger partial charge on any atom is 0.527 e. The van der Waals surface area contributed by atoms with E-state index in [1.807, 2.05) is 0 Å². The molecule has 1 saturated carbocycles. The molecule has 0 aromatic heterocycles. The number of phosphoric acid groups is 1. The average molecular weight is 529 g/mol. The number of carbonyl (C=O) groups is 1. The van der Waals surface area contributed by atoms with Crippen LogP contribution in [0.2, 0.25) is 0 Å². The fourth-order valence-corrected chi connectivity index (χ4v) is 4.44. The molecule has 0 unspecified atom stereocenters. The Morgan fingerprint density at radius 2 is 1.63 bits per heavy atom. The molecule has 2 aromatic rings. The number of alkyl halides is 6. The molecule has 0 amide bonds. The first kappa shape index (κ1) is 27.3. The number of halogens is 6. The highest BCUT2D eigenvalue weighted by Gasteiger charge is 2.43. The molecule has 0 spiro atoms. The average Bonchev–Trinajstić information content (AvgIpc) is 2.70. The number of hydrogen-bond acceptors (Lipinski definition) is 5. The SMILES string of the molecule is C[C@](N)(C(=O)OP(=O)(O)O)c1ccc2c(C(F)(F)F)c(OC3CCC(C(F)(F)F)CC3)ccc2c1. The molecule has 194 valence electrons. The third kappa shape index (κ3) is 6.27. The molecule has 3 rings (SSSR count). The lowest BCUT2D eigenvalue weighted by Gasteiger charge is -2.31. The zero-order valence-corrected chi connectivity index (χ0v) is 19.1. The predicted molar refractivity (Wildman–Crippen MR) is 111 cm³/mol. The highest BCUT2D eigenvalue weighted by molar-refractivity contribution is 7.46. The Hall–Kier alpha value is -2.34. The Balaban J connectivity index is 1.94. The zero-order chi connectivity index (χ0) is 26.4. The lowest BCUT2D eigenvalue weighted by atomic mass is 9.87. The minimum Gasteiger partial charge on any atom is -0.490 e. The second kappa shape index (κ2) is 9.27. The number of benzene rings is 2.